The fourth-order valence-electron chi connectivity index (χ4n) is 2.76. The van der Waals surface area contributed by atoms with E-state index in [9.17, 15) is 13.9 Å². The summed E-state index contributed by atoms with van der Waals surface area (Å²) in [7, 11) is 0. The SMILES string of the molecule is Oc1cc(F)c(-c2cccc3c2oc2ccccc23)c(F)c1. The summed E-state index contributed by atoms with van der Waals surface area (Å²) < 4.78 is 34.1. The quantitative estimate of drug-likeness (QED) is 0.521. The minimum Gasteiger partial charge on any atom is -0.508 e. The molecule has 3 aromatic carbocycles. The van der Waals surface area contributed by atoms with Crippen molar-refractivity contribution in [2.75, 3.05) is 0 Å². The molecule has 1 aromatic heterocycles. The first-order valence-corrected chi connectivity index (χ1v) is 6.74. The molecule has 4 heteroatoms. The van der Waals surface area contributed by atoms with Gasteiger partial charge in [-0.3, -0.25) is 0 Å². The predicted octanol–water partition coefficient (Wildman–Crippen LogP) is 5.24. The highest BCUT2D eigenvalue weighted by Crippen LogP contribution is 2.38. The van der Waals surface area contributed by atoms with Crippen LogP contribution in [-0.4, -0.2) is 5.11 Å². The largest absolute Gasteiger partial charge is 0.508 e. The number of furan rings is 1. The second kappa shape index (κ2) is 4.56. The Morgan fingerprint density at radius 3 is 2.27 bits per heavy atom. The molecule has 0 amide bonds. The van der Waals surface area contributed by atoms with Crippen LogP contribution in [0.3, 0.4) is 0 Å². The van der Waals surface area contributed by atoms with Crippen molar-refractivity contribution in [3.63, 3.8) is 0 Å². The van der Waals surface area contributed by atoms with Gasteiger partial charge in [-0.15, -0.1) is 0 Å². The third-order valence-corrected chi connectivity index (χ3v) is 3.70. The van der Waals surface area contributed by atoms with E-state index in [-0.39, 0.29) is 5.56 Å². The Bertz CT molecular complexity index is 995. The highest BCUT2D eigenvalue weighted by atomic mass is 19.1. The van der Waals surface area contributed by atoms with Gasteiger partial charge in [0.15, 0.2) is 0 Å². The van der Waals surface area contributed by atoms with Crippen molar-refractivity contribution in [1.29, 1.82) is 0 Å². The van der Waals surface area contributed by atoms with E-state index in [0.29, 0.717) is 16.7 Å². The van der Waals surface area contributed by atoms with Crippen LogP contribution in [0.15, 0.2) is 59.0 Å². The number of hydrogen-bond acceptors (Lipinski definition) is 2. The lowest BCUT2D eigenvalue weighted by Gasteiger charge is -2.06. The van der Waals surface area contributed by atoms with Crippen LogP contribution in [0.5, 0.6) is 5.75 Å². The van der Waals surface area contributed by atoms with Crippen LogP contribution in [0.4, 0.5) is 8.78 Å². The summed E-state index contributed by atoms with van der Waals surface area (Å²) in [5.74, 6) is -2.11. The summed E-state index contributed by atoms with van der Waals surface area (Å²) >= 11 is 0. The Labute approximate surface area is 124 Å². The number of rotatable bonds is 1. The molecule has 0 radical (unpaired) electrons. The molecule has 4 rings (SSSR count). The van der Waals surface area contributed by atoms with Gasteiger partial charge in [-0.25, -0.2) is 8.78 Å². The van der Waals surface area contributed by atoms with Crippen molar-refractivity contribution >= 4 is 21.9 Å². The topological polar surface area (TPSA) is 33.4 Å². The molecule has 0 atom stereocenters. The Balaban J connectivity index is 2.12. The predicted molar refractivity (Wildman–Crippen MR) is 80.7 cm³/mol. The van der Waals surface area contributed by atoms with E-state index in [4.69, 9.17) is 4.42 Å². The zero-order valence-corrected chi connectivity index (χ0v) is 11.3. The van der Waals surface area contributed by atoms with Gasteiger partial charge >= 0.3 is 0 Å². The van der Waals surface area contributed by atoms with Gasteiger partial charge in [-0.2, -0.15) is 0 Å². The molecule has 0 spiro atoms. The van der Waals surface area contributed by atoms with Crippen molar-refractivity contribution in [1.82, 2.24) is 0 Å². The minimum absolute atomic E-state index is 0.206. The van der Waals surface area contributed by atoms with Crippen LogP contribution < -0.4 is 0 Å². The first-order chi connectivity index (χ1) is 10.6. The van der Waals surface area contributed by atoms with Gasteiger partial charge in [0, 0.05) is 28.5 Å². The van der Waals surface area contributed by atoms with Gasteiger partial charge in [0.05, 0.1) is 5.56 Å². The summed E-state index contributed by atoms with van der Waals surface area (Å²) in [6.45, 7) is 0. The van der Waals surface area contributed by atoms with E-state index in [1.54, 1.807) is 12.1 Å². The Kier molecular flexibility index (Phi) is 2.66. The summed E-state index contributed by atoms with van der Waals surface area (Å²) in [5, 5.41) is 11.0. The molecule has 0 aliphatic heterocycles. The average Bonchev–Trinajstić information content (AvgIpc) is 2.86. The van der Waals surface area contributed by atoms with Crippen LogP contribution in [0.25, 0.3) is 33.1 Å². The monoisotopic (exact) mass is 296 g/mol. The highest BCUT2D eigenvalue weighted by Gasteiger charge is 2.18. The smallest absolute Gasteiger partial charge is 0.143 e. The normalized spacial score (nSPS) is 11.4. The highest BCUT2D eigenvalue weighted by molar-refractivity contribution is 6.09. The molecule has 1 N–H and O–H groups in total. The Morgan fingerprint density at radius 1 is 0.818 bits per heavy atom. The molecule has 1 heterocycles. The average molecular weight is 296 g/mol. The summed E-state index contributed by atoms with van der Waals surface area (Å²) in [6, 6.07) is 14.4. The molecule has 0 bridgehead atoms. The maximum absolute atomic E-state index is 14.1. The molecule has 0 aliphatic rings. The molecule has 108 valence electrons. The van der Waals surface area contributed by atoms with Crippen molar-refractivity contribution in [3.8, 4) is 16.9 Å². The number of phenols is 1. The maximum Gasteiger partial charge on any atom is 0.143 e. The second-order valence-electron chi connectivity index (χ2n) is 5.06. The number of benzene rings is 3. The summed E-state index contributed by atoms with van der Waals surface area (Å²) in [5.41, 5.74) is 1.20. The zero-order chi connectivity index (χ0) is 15.3. The van der Waals surface area contributed by atoms with Crippen molar-refractivity contribution in [2.24, 2.45) is 0 Å². The Hall–Kier alpha value is -2.88. The molecular weight excluding hydrogens is 286 g/mol. The first-order valence-electron chi connectivity index (χ1n) is 6.74. The third kappa shape index (κ3) is 1.77. The minimum atomic E-state index is -0.828. The lowest BCUT2D eigenvalue weighted by atomic mass is 10.0. The van der Waals surface area contributed by atoms with Gasteiger partial charge in [0.1, 0.15) is 28.5 Å². The van der Waals surface area contributed by atoms with E-state index in [1.165, 1.54) is 0 Å². The van der Waals surface area contributed by atoms with Gasteiger partial charge < -0.3 is 9.52 Å². The van der Waals surface area contributed by atoms with E-state index in [1.807, 2.05) is 30.3 Å². The van der Waals surface area contributed by atoms with Gasteiger partial charge in [-0.05, 0) is 6.07 Å². The second-order valence-corrected chi connectivity index (χ2v) is 5.06. The standard InChI is InChI=1S/C18H10F2O2/c19-14-8-10(21)9-15(20)17(14)13-6-3-5-12-11-4-1-2-7-16(11)22-18(12)13/h1-9,21H. The van der Waals surface area contributed by atoms with E-state index >= 15 is 0 Å². The number of halogens is 2. The molecular formula is C18H10F2O2. The third-order valence-electron chi connectivity index (χ3n) is 3.70. The van der Waals surface area contributed by atoms with E-state index < -0.39 is 17.4 Å². The lowest BCUT2D eigenvalue weighted by Crippen LogP contribution is -1.90. The van der Waals surface area contributed by atoms with E-state index in [2.05, 4.69) is 0 Å². The summed E-state index contributed by atoms with van der Waals surface area (Å²) in [6.07, 6.45) is 0. The molecule has 0 fully saturated rings. The fraction of sp³-hybridized carbons (Fsp3) is 0. The van der Waals surface area contributed by atoms with Crippen LogP contribution >= 0.6 is 0 Å². The summed E-state index contributed by atoms with van der Waals surface area (Å²) in [4.78, 5) is 0. The molecule has 0 saturated carbocycles. The maximum atomic E-state index is 14.1. The van der Waals surface area contributed by atoms with Gasteiger partial charge in [0.25, 0.3) is 0 Å². The number of hydrogen-bond donors (Lipinski definition) is 1. The number of para-hydroxylation sites is 2. The van der Waals surface area contributed by atoms with Crippen LogP contribution in [0.2, 0.25) is 0 Å². The molecule has 0 aliphatic carbocycles. The molecule has 22 heavy (non-hydrogen) atoms. The van der Waals surface area contributed by atoms with Gasteiger partial charge in [0.2, 0.25) is 0 Å². The van der Waals surface area contributed by atoms with Crippen LogP contribution in [-0.2, 0) is 0 Å². The molecule has 0 saturated heterocycles. The molecule has 4 aromatic rings. The van der Waals surface area contributed by atoms with Gasteiger partial charge in [-0.1, -0.05) is 36.4 Å². The van der Waals surface area contributed by atoms with Crippen LogP contribution in [0.1, 0.15) is 0 Å². The van der Waals surface area contributed by atoms with Crippen molar-refractivity contribution in [2.45, 2.75) is 0 Å². The van der Waals surface area contributed by atoms with Crippen molar-refractivity contribution < 1.29 is 18.3 Å². The zero-order valence-electron chi connectivity index (χ0n) is 11.3. The Morgan fingerprint density at radius 2 is 1.50 bits per heavy atom. The molecule has 0 unspecified atom stereocenters. The van der Waals surface area contributed by atoms with Crippen LogP contribution in [0, 0.1) is 11.6 Å². The number of phenolic OH excluding ortho intramolecular Hbond substituents is 1. The van der Waals surface area contributed by atoms with Crippen molar-refractivity contribution in [3.05, 3.63) is 66.2 Å². The molecule has 2 nitrogen and oxygen atoms in total. The van der Waals surface area contributed by atoms with E-state index in [0.717, 1.165) is 22.9 Å². The number of aromatic hydroxyl groups is 1. The first kappa shape index (κ1) is 12.8. The number of fused-ring (bicyclic) bond motifs is 3. The lowest BCUT2D eigenvalue weighted by molar-refractivity contribution is 0.461. The fourth-order valence-corrected chi connectivity index (χ4v) is 2.76.